The van der Waals surface area contributed by atoms with E-state index in [-0.39, 0.29) is 23.8 Å². The maximum Gasteiger partial charge on any atom is 0.417 e. The Labute approximate surface area is 148 Å². The van der Waals surface area contributed by atoms with Gasteiger partial charge >= 0.3 is 5.76 Å². The molecule has 1 amide bonds. The van der Waals surface area contributed by atoms with Crippen molar-refractivity contribution in [2.24, 2.45) is 0 Å². The molecule has 4 rings (SSSR count). The number of carbonyl (C=O) groups is 1. The Balaban J connectivity index is 1.45. The summed E-state index contributed by atoms with van der Waals surface area (Å²) in [5, 5.41) is 2.67. The third-order valence-electron chi connectivity index (χ3n) is 4.20. The zero-order chi connectivity index (χ0) is 18.3. The Morgan fingerprint density at radius 3 is 2.81 bits per heavy atom. The smallest absolute Gasteiger partial charge is 0.408 e. The average Bonchev–Trinajstić information content (AvgIpc) is 3.13. The standard InChI is InChI=1S/C17H15N3O5S/c21-16-9-11-8-12(2-3-13(11)19-16)26(23,24)18-6-5-10-1-4-15-14(7-10)20-17(22)25-15/h1-4,7-8,18H,5-6,9H2,(H,19,21)(H,20,22). The largest absolute Gasteiger partial charge is 0.417 e. The molecule has 0 unspecified atom stereocenters. The molecule has 0 bridgehead atoms. The van der Waals surface area contributed by atoms with Gasteiger partial charge in [-0.05, 0) is 47.9 Å². The summed E-state index contributed by atoms with van der Waals surface area (Å²) >= 11 is 0. The van der Waals surface area contributed by atoms with Crippen LogP contribution >= 0.6 is 0 Å². The summed E-state index contributed by atoms with van der Waals surface area (Å²) in [5.41, 5.74) is 3.22. The number of fused-ring (bicyclic) bond motifs is 2. The van der Waals surface area contributed by atoms with Crippen molar-refractivity contribution < 1.29 is 17.6 Å². The molecule has 0 fully saturated rings. The summed E-state index contributed by atoms with van der Waals surface area (Å²) in [6.07, 6.45) is 0.634. The Morgan fingerprint density at radius 1 is 1.12 bits per heavy atom. The van der Waals surface area contributed by atoms with Gasteiger partial charge in [-0.2, -0.15) is 0 Å². The lowest BCUT2D eigenvalue weighted by Gasteiger charge is -2.08. The molecule has 9 heteroatoms. The first-order chi connectivity index (χ1) is 12.4. The number of oxazole rings is 1. The minimum atomic E-state index is -3.67. The highest BCUT2D eigenvalue weighted by atomic mass is 32.2. The number of amides is 1. The van der Waals surface area contributed by atoms with Crippen molar-refractivity contribution in [3.63, 3.8) is 0 Å². The molecule has 134 valence electrons. The maximum absolute atomic E-state index is 12.4. The number of aromatic amines is 1. The van der Waals surface area contributed by atoms with Crippen LogP contribution in [0.2, 0.25) is 0 Å². The van der Waals surface area contributed by atoms with Crippen molar-refractivity contribution in [3.05, 3.63) is 58.1 Å². The van der Waals surface area contributed by atoms with Gasteiger partial charge in [-0.25, -0.2) is 17.9 Å². The van der Waals surface area contributed by atoms with Gasteiger partial charge in [0.05, 0.1) is 16.8 Å². The third kappa shape index (κ3) is 3.14. The molecular weight excluding hydrogens is 358 g/mol. The predicted octanol–water partition coefficient (Wildman–Crippen LogP) is 1.14. The molecule has 1 aliphatic rings. The Kier molecular flexibility index (Phi) is 3.89. The minimum absolute atomic E-state index is 0.127. The zero-order valence-corrected chi connectivity index (χ0v) is 14.4. The van der Waals surface area contributed by atoms with E-state index in [1.165, 1.54) is 12.1 Å². The molecule has 1 aliphatic heterocycles. The molecule has 3 aromatic rings. The molecule has 0 saturated heterocycles. The monoisotopic (exact) mass is 373 g/mol. The summed E-state index contributed by atoms with van der Waals surface area (Å²) < 4.78 is 32.4. The molecule has 0 radical (unpaired) electrons. The topological polar surface area (TPSA) is 121 Å². The summed E-state index contributed by atoms with van der Waals surface area (Å²) in [6, 6.07) is 9.77. The fourth-order valence-electron chi connectivity index (χ4n) is 2.94. The van der Waals surface area contributed by atoms with E-state index >= 15 is 0 Å². The Bertz CT molecular complexity index is 1180. The van der Waals surface area contributed by atoms with Gasteiger partial charge in [-0.3, -0.25) is 9.78 Å². The second kappa shape index (κ2) is 6.11. The van der Waals surface area contributed by atoms with Gasteiger partial charge in [0.15, 0.2) is 5.58 Å². The van der Waals surface area contributed by atoms with Crippen LogP contribution < -0.4 is 15.8 Å². The molecule has 0 saturated carbocycles. The molecule has 0 spiro atoms. The maximum atomic E-state index is 12.4. The lowest BCUT2D eigenvalue weighted by Crippen LogP contribution is -2.26. The summed E-state index contributed by atoms with van der Waals surface area (Å²) in [6.45, 7) is 0.199. The highest BCUT2D eigenvalue weighted by Crippen LogP contribution is 2.25. The van der Waals surface area contributed by atoms with E-state index in [2.05, 4.69) is 15.0 Å². The summed E-state index contributed by atoms with van der Waals surface area (Å²) in [7, 11) is -3.67. The van der Waals surface area contributed by atoms with Crippen molar-refractivity contribution in [2.75, 3.05) is 11.9 Å². The molecule has 2 heterocycles. The average molecular weight is 373 g/mol. The summed E-state index contributed by atoms with van der Waals surface area (Å²) in [4.78, 5) is 25.2. The molecule has 1 aromatic heterocycles. The van der Waals surface area contributed by atoms with Crippen LogP contribution in [0.25, 0.3) is 11.1 Å². The predicted molar refractivity (Wildman–Crippen MR) is 94.5 cm³/mol. The van der Waals surface area contributed by atoms with E-state index in [9.17, 15) is 18.0 Å². The first kappa shape index (κ1) is 16.6. The van der Waals surface area contributed by atoms with Crippen LogP contribution in [-0.4, -0.2) is 25.9 Å². The van der Waals surface area contributed by atoms with E-state index < -0.39 is 15.8 Å². The van der Waals surface area contributed by atoms with Crippen molar-refractivity contribution in [1.82, 2.24) is 9.71 Å². The number of H-pyrrole nitrogens is 1. The molecule has 2 aromatic carbocycles. The van der Waals surface area contributed by atoms with E-state index in [0.29, 0.717) is 28.8 Å². The van der Waals surface area contributed by atoms with E-state index in [1.54, 1.807) is 24.3 Å². The van der Waals surface area contributed by atoms with Crippen LogP contribution in [0, 0.1) is 0 Å². The SMILES string of the molecule is O=C1Cc2cc(S(=O)(=O)NCCc3ccc4oc(=O)[nH]c4c3)ccc2N1. The van der Waals surface area contributed by atoms with E-state index in [0.717, 1.165) is 5.56 Å². The fourth-order valence-corrected chi connectivity index (χ4v) is 4.02. The van der Waals surface area contributed by atoms with Gasteiger partial charge < -0.3 is 9.73 Å². The minimum Gasteiger partial charge on any atom is -0.408 e. The first-order valence-electron chi connectivity index (χ1n) is 7.95. The Hall–Kier alpha value is -2.91. The molecular formula is C17H15N3O5S. The number of aromatic nitrogens is 1. The number of hydrogen-bond acceptors (Lipinski definition) is 5. The molecule has 0 atom stereocenters. The second-order valence-corrected chi connectivity index (χ2v) is 7.80. The number of carbonyl (C=O) groups excluding carboxylic acids is 1. The lowest BCUT2D eigenvalue weighted by molar-refractivity contribution is -0.115. The van der Waals surface area contributed by atoms with Crippen LogP contribution in [0.1, 0.15) is 11.1 Å². The van der Waals surface area contributed by atoms with Crippen molar-refractivity contribution in [1.29, 1.82) is 0 Å². The number of benzene rings is 2. The van der Waals surface area contributed by atoms with Gasteiger partial charge in [0.1, 0.15) is 0 Å². The second-order valence-electron chi connectivity index (χ2n) is 6.04. The number of hydrogen-bond donors (Lipinski definition) is 3. The summed E-state index contributed by atoms with van der Waals surface area (Å²) in [5.74, 6) is -0.669. The van der Waals surface area contributed by atoms with Crippen LogP contribution in [0.5, 0.6) is 0 Å². The fraction of sp³-hybridized carbons (Fsp3) is 0.176. The number of rotatable bonds is 5. The van der Waals surface area contributed by atoms with Crippen LogP contribution in [0.15, 0.2) is 50.5 Å². The zero-order valence-electron chi connectivity index (χ0n) is 13.5. The third-order valence-corrected chi connectivity index (χ3v) is 5.66. The van der Waals surface area contributed by atoms with Gasteiger partial charge in [0, 0.05) is 12.2 Å². The molecule has 26 heavy (non-hydrogen) atoms. The molecule has 3 N–H and O–H groups in total. The van der Waals surface area contributed by atoms with Crippen molar-refractivity contribution in [3.8, 4) is 0 Å². The van der Waals surface area contributed by atoms with Crippen molar-refractivity contribution >= 4 is 32.7 Å². The molecule has 0 aliphatic carbocycles. The molecule has 8 nitrogen and oxygen atoms in total. The normalized spacial score (nSPS) is 13.8. The van der Waals surface area contributed by atoms with Gasteiger partial charge in [0.2, 0.25) is 15.9 Å². The van der Waals surface area contributed by atoms with Gasteiger partial charge in [-0.1, -0.05) is 6.07 Å². The Morgan fingerprint density at radius 2 is 1.96 bits per heavy atom. The van der Waals surface area contributed by atoms with Crippen molar-refractivity contribution in [2.45, 2.75) is 17.7 Å². The highest BCUT2D eigenvalue weighted by molar-refractivity contribution is 7.89. The number of anilines is 1. The highest BCUT2D eigenvalue weighted by Gasteiger charge is 2.21. The van der Waals surface area contributed by atoms with E-state index in [1.807, 2.05) is 0 Å². The van der Waals surface area contributed by atoms with E-state index in [4.69, 9.17) is 4.42 Å². The van der Waals surface area contributed by atoms with Crippen LogP contribution in [0.3, 0.4) is 0 Å². The lowest BCUT2D eigenvalue weighted by atomic mass is 10.1. The van der Waals surface area contributed by atoms with Crippen LogP contribution in [0.4, 0.5) is 5.69 Å². The quantitative estimate of drug-likeness (QED) is 0.619. The number of nitrogens with one attached hydrogen (secondary N) is 3. The van der Waals surface area contributed by atoms with Crippen LogP contribution in [-0.2, 0) is 27.7 Å². The first-order valence-corrected chi connectivity index (χ1v) is 9.43. The van der Waals surface area contributed by atoms with Gasteiger partial charge in [-0.15, -0.1) is 0 Å². The number of sulfonamides is 1. The van der Waals surface area contributed by atoms with Gasteiger partial charge in [0.25, 0.3) is 0 Å².